The fourth-order valence-corrected chi connectivity index (χ4v) is 2.27. The van der Waals surface area contributed by atoms with Crippen molar-refractivity contribution in [2.75, 3.05) is 34.4 Å². The van der Waals surface area contributed by atoms with Gasteiger partial charge in [-0.2, -0.15) is 0 Å². The van der Waals surface area contributed by atoms with E-state index in [1.807, 2.05) is 0 Å². The molecule has 0 unspecified atom stereocenters. The van der Waals surface area contributed by atoms with Gasteiger partial charge in [-0.05, 0) is 24.3 Å². The van der Waals surface area contributed by atoms with Crippen molar-refractivity contribution in [1.82, 2.24) is 15.6 Å². The smallest absolute Gasteiger partial charge is 0.252 e. The zero-order chi connectivity index (χ0) is 18.9. The van der Waals surface area contributed by atoms with Crippen LogP contribution < -0.4 is 24.8 Å². The second-order valence-corrected chi connectivity index (χ2v) is 5.17. The number of methoxy groups -OCH3 is 3. The predicted molar refractivity (Wildman–Crippen MR) is 95.0 cm³/mol. The molecule has 2 aromatic rings. The lowest BCUT2D eigenvalue weighted by Crippen LogP contribution is -2.34. The topological polar surface area (TPSA) is 98.8 Å². The van der Waals surface area contributed by atoms with Crippen LogP contribution in [0.3, 0.4) is 0 Å². The number of rotatable bonds is 8. The monoisotopic (exact) mass is 359 g/mol. The summed E-state index contributed by atoms with van der Waals surface area (Å²) in [6, 6.07) is 6.47. The SMILES string of the molecule is COc1cc(C(=O)NCCNC(=O)c2cccnc2)cc(OC)c1OC. The number of hydrogen-bond donors (Lipinski definition) is 2. The Morgan fingerprint density at radius 2 is 1.50 bits per heavy atom. The van der Waals surface area contributed by atoms with Gasteiger partial charge in [-0.1, -0.05) is 0 Å². The summed E-state index contributed by atoms with van der Waals surface area (Å²) in [5.41, 5.74) is 0.821. The van der Waals surface area contributed by atoms with E-state index < -0.39 is 0 Å². The molecule has 2 N–H and O–H groups in total. The van der Waals surface area contributed by atoms with Gasteiger partial charge in [-0.15, -0.1) is 0 Å². The van der Waals surface area contributed by atoms with Crippen LogP contribution in [0.25, 0.3) is 0 Å². The van der Waals surface area contributed by atoms with Crippen molar-refractivity contribution in [3.8, 4) is 17.2 Å². The van der Waals surface area contributed by atoms with Crippen molar-refractivity contribution in [3.63, 3.8) is 0 Å². The first-order chi connectivity index (χ1) is 12.6. The number of nitrogens with zero attached hydrogens (tertiary/aromatic N) is 1. The van der Waals surface area contributed by atoms with Gasteiger partial charge in [0.2, 0.25) is 5.75 Å². The van der Waals surface area contributed by atoms with Crippen LogP contribution in [0.5, 0.6) is 17.2 Å². The van der Waals surface area contributed by atoms with Crippen LogP contribution in [0, 0.1) is 0 Å². The van der Waals surface area contributed by atoms with Gasteiger partial charge in [-0.25, -0.2) is 0 Å². The summed E-state index contributed by atoms with van der Waals surface area (Å²) in [6.45, 7) is 0.547. The summed E-state index contributed by atoms with van der Waals surface area (Å²) in [4.78, 5) is 28.1. The number of amides is 2. The summed E-state index contributed by atoms with van der Waals surface area (Å²) >= 11 is 0. The minimum Gasteiger partial charge on any atom is -0.493 e. The molecule has 0 saturated heterocycles. The number of pyridine rings is 1. The zero-order valence-corrected chi connectivity index (χ0v) is 14.9. The van der Waals surface area contributed by atoms with Crippen LogP contribution in [0.15, 0.2) is 36.7 Å². The summed E-state index contributed by atoms with van der Waals surface area (Å²) in [5, 5.41) is 5.43. The Balaban J connectivity index is 1.92. The Hall–Kier alpha value is -3.29. The van der Waals surface area contributed by atoms with Crippen LogP contribution in [0.4, 0.5) is 0 Å². The van der Waals surface area contributed by atoms with E-state index >= 15 is 0 Å². The molecule has 2 amide bonds. The average molecular weight is 359 g/mol. The van der Waals surface area contributed by atoms with E-state index in [9.17, 15) is 9.59 Å². The molecule has 0 atom stereocenters. The minimum atomic E-state index is -0.320. The minimum absolute atomic E-state index is 0.250. The van der Waals surface area contributed by atoms with Crippen LogP contribution in [0.2, 0.25) is 0 Å². The summed E-state index contributed by atoms with van der Waals surface area (Å²) in [7, 11) is 4.45. The highest BCUT2D eigenvalue weighted by atomic mass is 16.5. The number of carbonyl (C=O) groups is 2. The van der Waals surface area contributed by atoms with E-state index in [0.717, 1.165) is 0 Å². The van der Waals surface area contributed by atoms with E-state index in [4.69, 9.17) is 14.2 Å². The maximum absolute atomic E-state index is 12.3. The first-order valence-electron chi connectivity index (χ1n) is 7.87. The van der Waals surface area contributed by atoms with Crippen LogP contribution in [-0.4, -0.2) is 51.2 Å². The fraction of sp³-hybridized carbons (Fsp3) is 0.278. The lowest BCUT2D eigenvalue weighted by atomic mass is 10.1. The highest BCUT2D eigenvalue weighted by molar-refractivity contribution is 5.96. The Morgan fingerprint density at radius 1 is 0.923 bits per heavy atom. The fourth-order valence-electron chi connectivity index (χ4n) is 2.27. The molecule has 0 radical (unpaired) electrons. The maximum atomic E-state index is 12.3. The third-order valence-corrected chi connectivity index (χ3v) is 3.55. The summed E-state index contributed by atoms with van der Waals surface area (Å²) in [5.74, 6) is 0.624. The largest absolute Gasteiger partial charge is 0.493 e. The predicted octanol–water partition coefficient (Wildman–Crippen LogP) is 1.27. The first kappa shape index (κ1) is 19.0. The lowest BCUT2D eigenvalue weighted by Gasteiger charge is -2.14. The quantitative estimate of drug-likeness (QED) is 0.689. The van der Waals surface area contributed by atoms with Gasteiger partial charge >= 0.3 is 0 Å². The van der Waals surface area contributed by atoms with Gasteiger partial charge in [0.25, 0.3) is 11.8 Å². The molecule has 0 aliphatic rings. The highest BCUT2D eigenvalue weighted by Crippen LogP contribution is 2.38. The summed E-state index contributed by atoms with van der Waals surface area (Å²) in [6.07, 6.45) is 3.07. The van der Waals surface area contributed by atoms with Gasteiger partial charge in [-0.3, -0.25) is 14.6 Å². The van der Waals surface area contributed by atoms with Gasteiger partial charge < -0.3 is 24.8 Å². The first-order valence-corrected chi connectivity index (χ1v) is 7.87. The van der Waals surface area contributed by atoms with E-state index in [1.165, 1.54) is 27.5 Å². The molecule has 26 heavy (non-hydrogen) atoms. The van der Waals surface area contributed by atoms with E-state index in [1.54, 1.807) is 30.5 Å². The molecule has 1 aromatic heterocycles. The second kappa shape index (κ2) is 9.26. The number of carbonyl (C=O) groups excluding carboxylic acids is 2. The number of benzene rings is 1. The number of hydrogen-bond acceptors (Lipinski definition) is 6. The molecule has 0 saturated carbocycles. The third-order valence-electron chi connectivity index (χ3n) is 3.55. The third kappa shape index (κ3) is 4.62. The van der Waals surface area contributed by atoms with Gasteiger partial charge in [0.15, 0.2) is 11.5 Å². The Morgan fingerprint density at radius 3 is 1.96 bits per heavy atom. The van der Waals surface area contributed by atoms with Crippen molar-refractivity contribution >= 4 is 11.8 Å². The van der Waals surface area contributed by atoms with Crippen molar-refractivity contribution in [2.45, 2.75) is 0 Å². The van der Waals surface area contributed by atoms with Gasteiger partial charge in [0, 0.05) is 31.0 Å². The highest BCUT2D eigenvalue weighted by Gasteiger charge is 2.16. The van der Waals surface area contributed by atoms with Crippen molar-refractivity contribution in [3.05, 3.63) is 47.8 Å². The molecule has 1 aromatic carbocycles. The van der Waals surface area contributed by atoms with Crippen LogP contribution >= 0.6 is 0 Å². The Kier molecular flexibility index (Phi) is 6.78. The molecule has 8 heteroatoms. The molecule has 8 nitrogen and oxygen atoms in total. The summed E-state index contributed by atoms with van der Waals surface area (Å²) < 4.78 is 15.7. The number of aromatic nitrogens is 1. The van der Waals surface area contributed by atoms with Crippen LogP contribution in [0.1, 0.15) is 20.7 Å². The second-order valence-electron chi connectivity index (χ2n) is 5.17. The molecule has 0 spiro atoms. The van der Waals surface area contributed by atoms with E-state index in [0.29, 0.717) is 28.4 Å². The molecular formula is C18H21N3O5. The average Bonchev–Trinajstić information content (AvgIpc) is 2.70. The molecular weight excluding hydrogens is 338 g/mol. The van der Waals surface area contributed by atoms with Gasteiger partial charge in [0.05, 0.1) is 26.9 Å². The normalized spacial score (nSPS) is 9.96. The molecule has 0 bridgehead atoms. The standard InChI is InChI=1S/C18H21N3O5/c1-24-14-9-13(10-15(25-2)16(14)26-3)18(23)21-8-7-20-17(22)12-5-4-6-19-11-12/h4-6,9-11H,7-8H2,1-3H3,(H,20,22)(H,21,23). The zero-order valence-electron chi connectivity index (χ0n) is 14.9. The lowest BCUT2D eigenvalue weighted by molar-refractivity contribution is 0.0927. The number of nitrogens with one attached hydrogen (secondary N) is 2. The number of ether oxygens (including phenoxy) is 3. The Labute approximate surface area is 151 Å². The molecule has 0 fully saturated rings. The van der Waals surface area contributed by atoms with E-state index in [2.05, 4.69) is 15.6 Å². The molecule has 0 aliphatic carbocycles. The molecule has 1 heterocycles. The molecule has 2 rings (SSSR count). The van der Waals surface area contributed by atoms with Crippen molar-refractivity contribution in [2.24, 2.45) is 0 Å². The van der Waals surface area contributed by atoms with Gasteiger partial charge in [0.1, 0.15) is 0 Å². The Bertz CT molecular complexity index is 740. The van der Waals surface area contributed by atoms with Crippen molar-refractivity contribution < 1.29 is 23.8 Å². The maximum Gasteiger partial charge on any atom is 0.252 e. The van der Waals surface area contributed by atoms with Crippen LogP contribution in [-0.2, 0) is 0 Å². The molecule has 0 aliphatic heterocycles. The van der Waals surface area contributed by atoms with Crippen molar-refractivity contribution in [1.29, 1.82) is 0 Å². The molecule has 138 valence electrons. The van der Waals surface area contributed by atoms with E-state index in [-0.39, 0.29) is 24.9 Å².